The first-order valence-electron chi connectivity index (χ1n) is 2.21. The number of aliphatic imine (C=N–C) groups is 1. The van der Waals surface area contributed by atoms with Crippen LogP contribution in [0.15, 0.2) is 4.99 Å². The van der Waals surface area contributed by atoms with Crippen molar-refractivity contribution in [2.24, 2.45) is 10.7 Å². The van der Waals surface area contributed by atoms with E-state index < -0.39 is 0 Å². The molecule has 42 valence electrons. The number of aliphatic hydroxyl groups excluding tert-OH is 1. The van der Waals surface area contributed by atoms with Gasteiger partial charge < -0.3 is 10.8 Å². The van der Waals surface area contributed by atoms with Crippen LogP contribution < -0.4 is 5.73 Å². The number of nitrogens with two attached hydrogens (primary N) is 1. The molecule has 0 aromatic heterocycles. The summed E-state index contributed by atoms with van der Waals surface area (Å²) in [6, 6.07) is 0. The van der Waals surface area contributed by atoms with Crippen LogP contribution in [0.4, 0.5) is 0 Å². The minimum absolute atomic E-state index is 0.0139. The van der Waals surface area contributed by atoms with Gasteiger partial charge in [0.25, 0.3) is 0 Å². The van der Waals surface area contributed by atoms with Crippen molar-refractivity contribution in [3.63, 3.8) is 0 Å². The molecule has 0 aromatic carbocycles. The van der Waals surface area contributed by atoms with E-state index in [2.05, 4.69) is 4.99 Å². The van der Waals surface area contributed by atoms with E-state index in [1.54, 1.807) is 0 Å². The molecule has 0 saturated carbocycles. The third kappa shape index (κ3) is 5.59. The van der Waals surface area contributed by atoms with Gasteiger partial charge in [0.15, 0.2) is 0 Å². The Labute approximate surface area is 42.9 Å². The molecule has 0 radical (unpaired) electrons. The van der Waals surface area contributed by atoms with Gasteiger partial charge in [0.1, 0.15) is 0 Å². The zero-order valence-electron chi connectivity index (χ0n) is 4.17. The Bertz CT molecular complexity index is 53.7. The number of hydrogen-bond acceptors (Lipinski definition) is 3. The van der Waals surface area contributed by atoms with Gasteiger partial charge in [-0.25, -0.2) is 0 Å². The van der Waals surface area contributed by atoms with E-state index in [1.165, 1.54) is 6.21 Å². The van der Waals surface area contributed by atoms with E-state index in [0.29, 0.717) is 13.1 Å². The first kappa shape index (κ1) is 6.59. The summed E-state index contributed by atoms with van der Waals surface area (Å²) in [5.41, 5.74) is 5.07. The van der Waals surface area contributed by atoms with Gasteiger partial charge in [-0.3, -0.25) is 4.99 Å². The van der Waals surface area contributed by atoms with Crippen molar-refractivity contribution in [1.29, 1.82) is 0 Å². The summed E-state index contributed by atoms with van der Waals surface area (Å²) in [4.78, 5) is 3.71. The minimum atomic E-state index is 0.0139. The number of nitrogens with zero attached hydrogens (tertiary/aromatic N) is 1. The average Bonchev–Trinajstić information content (AvgIpc) is 1.69. The van der Waals surface area contributed by atoms with Gasteiger partial charge in [-0.15, -0.1) is 0 Å². The molecule has 0 spiro atoms. The van der Waals surface area contributed by atoms with Crippen molar-refractivity contribution < 1.29 is 5.11 Å². The van der Waals surface area contributed by atoms with Crippen molar-refractivity contribution in [3.05, 3.63) is 0 Å². The Balaban J connectivity index is 2.78. The lowest BCUT2D eigenvalue weighted by atomic mass is 10.7. The molecule has 0 aromatic rings. The highest BCUT2D eigenvalue weighted by molar-refractivity contribution is 5.57. The Morgan fingerprint density at radius 1 is 1.71 bits per heavy atom. The second-order valence-corrected chi connectivity index (χ2v) is 1.06. The molecule has 0 heterocycles. The van der Waals surface area contributed by atoms with E-state index >= 15 is 0 Å². The van der Waals surface area contributed by atoms with E-state index in [1.807, 2.05) is 0 Å². The molecule has 3 nitrogen and oxygen atoms in total. The third-order valence-electron chi connectivity index (χ3n) is 0.469. The first-order valence-corrected chi connectivity index (χ1v) is 2.21. The lowest BCUT2D eigenvalue weighted by Crippen LogP contribution is -2.02. The zero-order valence-corrected chi connectivity index (χ0v) is 4.17. The highest BCUT2D eigenvalue weighted by Crippen LogP contribution is 1.59. The van der Waals surface area contributed by atoms with Gasteiger partial charge in [-0.1, -0.05) is 0 Å². The van der Waals surface area contributed by atoms with Crippen LogP contribution in [0.1, 0.15) is 0 Å². The van der Waals surface area contributed by atoms with Gasteiger partial charge in [-0.05, 0) is 0 Å². The van der Waals surface area contributed by atoms with Crippen LogP contribution in [0.3, 0.4) is 0 Å². The average molecular weight is 102 g/mol. The van der Waals surface area contributed by atoms with Gasteiger partial charge in [-0.2, -0.15) is 0 Å². The van der Waals surface area contributed by atoms with Gasteiger partial charge >= 0.3 is 0 Å². The van der Waals surface area contributed by atoms with Crippen molar-refractivity contribution in [2.45, 2.75) is 0 Å². The predicted octanol–water partition coefficient (Wildman–Crippen LogP) is -0.992. The van der Waals surface area contributed by atoms with Gasteiger partial charge in [0, 0.05) is 12.8 Å². The standard InChI is InChI=1S/C4H10N2O/c5-1-2-6-3-4-7/h3,7H,1-2,4-5H2/b6-3-. The first-order chi connectivity index (χ1) is 3.41. The molecule has 3 N–H and O–H groups in total. The molecule has 0 rings (SSSR count). The van der Waals surface area contributed by atoms with Crippen molar-refractivity contribution in [1.82, 2.24) is 0 Å². The summed E-state index contributed by atoms with van der Waals surface area (Å²) in [6.45, 7) is 1.18. The third-order valence-corrected chi connectivity index (χ3v) is 0.469. The lowest BCUT2D eigenvalue weighted by Gasteiger charge is -1.81. The Hall–Kier alpha value is -0.410. The van der Waals surface area contributed by atoms with E-state index in [4.69, 9.17) is 10.8 Å². The maximum atomic E-state index is 8.10. The van der Waals surface area contributed by atoms with Crippen molar-refractivity contribution >= 4 is 6.21 Å². The fourth-order valence-corrected chi connectivity index (χ4v) is 0.224. The van der Waals surface area contributed by atoms with Gasteiger partial charge in [0.05, 0.1) is 13.2 Å². The molecule has 0 unspecified atom stereocenters. The van der Waals surface area contributed by atoms with Crippen LogP contribution in [-0.2, 0) is 0 Å². The maximum absolute atomic E-state index is 8.10. The second-order valence-electron chi connectivity index (χ2n) is 1.06. The molecule has 0 aliphatic carbocycles. The fraction of sp³-hybridized carbons (Fsp3) is 0.750. The summed E-state index contributed by atoms with van der Waals surface area (Å²) < 4.78 is 0. The Kier molecular flexibility index (Phi) is 5.26. The van der Waals surface area contributed by atoms with Gasteiger partial charge in [0.2, 0.25) is 0 Å². The lowest BCUT2D eigenvalue weighted by molar-refractivity contribution is 0.361. The SMILES string of the molecule is NCC/N=C\CO. The number of hydrogen-bond donors (Lipinski definition) is 2. The molecular weight excluding hydrogens is 92.1 g/mol. The monoisotopic (exact) mass is 102 g/mol. The summed E-state index contributed by atoms with van der Waals surface area (Å²) in [7, 11) is 0. The molecule has 0 atom stereocenters. The molecule has 7 heavy (non-hydrogen) atoms. The molecule has 0 aliphatic rings. The summed E-state index contributed by atoms with van der Waals surface area (Å²) in [6.07, 6.45) is 1.44. The van der Waals surface area contributed by atoms with Crippen LogP contribution in [0, 0.1) is 0 Å². The molecule has 0 aliphatic heterocycles. The quantitative estimate of drug-likeness (QED) is 0.449. The maximum Gasteiger partial charge on any atom is 0.0779 e. The predicted molar refractivity (Wildman–Crippen MR) is 29.5 cm³/mol. The highest BCUT2D eigenvalue weighted by Gasteiger charge is 1.68. The highest BCUT2D eigenvalue weighted by atomic mass is 16.2. The summed E-state index contributed by atoms with van der Waals surface area (Å²) >= 11 is 0. The van der Waals surface area contributed by atoms with Crippen LogP contribution in [-0.4, -0.2) is 31.0 Å². The van der Waals surface area contributed by atoms with Crippen LogP contribution >= 0.6 is 0 Å². The number of aliphatic hydroxyl groups is 1. The normalized spacial score (nSPS) is 10.6. The largest absolute Gasteiger partial charge is 0.391 e. The molecule has 3 heteroatoms. The van der Waals surface area contributed by atoms with E-state index in [9.17, 15) is 0 Å². The van der Waals surface area contributed by atoms with E-state index in [-0.39, 0.29) is 6.61 Å². The smallest absolute Gasteiger partial charge is 0.0779 e. The van der Waals surface area contributed by atoms with Crippen molar-refractivity contribution in [2.75, 3.05) is 19.7 Å². The minimum Gasteiger partial charge on any atom is -0.391 e. The Morgan fingerprint density at radius 3 is 2.86 bits per heavy atom. The zero-order chi connectivity index (χ0) is 5.54. The summed E-state index contributed by atoms with van der Waals surface area (Å²) in [5.74, 6) is 0. The second kappa shape index (κ2) is 5.59. The van der Waals surface area contributed by atoms with Crippen LogP contribution in [0.25, 0.3) is 0 Å². The molecule has 0 saturated heterocycles. The Morgan fingerprint density at radius 2 is 2.43 bits per heavy atom. The summed E-state index contributed by atoms with van der Waals surface area (Å²) in [5, 5.41) is 8.10. The molecule has 0 bridgehead atoms. The van der Waals surface area contributed by atoms with Crippen LogP contribution in [0.5, 0.6) is 0 Å². The fourth-order valence-electron chi connectivity index (χ4n) is 0.224. The topological polar surface area (TPSA) is 58.6 Å². The molecule has 0 amide bonds. The van der Waals surface area contributed by atoms with Crippen LogP contribution in [0.2, 0.25) is 0 Å². The van der Waals surface area contributed by atoms with E-state index in [0.717, 1.165) is 0 Å². The molecular formula is C4H10N2O. The number of rotatable bonds is 3. The molecule has 0 fully saturated rings. The van der Waals surface area contributed by atoms with Crippen molar-refractivity contribution in [3.8, 4) is 0 Å².